The van der Waals surface area contributed by atoms with Crippen molar-refractivity contribution >= 4 is 0 Å². The second-order valence-electron chi connectivity index (χ2n) is 5.72. The Kier molecular flexibility index (Phi) is 4.23. The van der Waals surface area contributed by atoms with E-state index in [0.29, 0.717) is 22.6 Å². The number of methoxy groups -OCH3 is 2. The first-order valence-electron chi connectivity index (χ1n) is 7.16. The molecule has 0 atom stereocenters. The predicted octanol–water partition coefficient (Wildman–Crippen LogP) is 3.58. The van der Waals surface area contributed by atoms with E-state index in [1.807, 2.05) is 0 Å². The van der Waals surface area contributed by atoms with Crippen LogP contribution < -0.4 is 15.2 Å². The third kappa shape index (κ3) is 2.26. The van der Waals surface area contributed by atoms with Gasteiger partial charge in [-0.05, 0) is 32.3 Å². The highest BCUT2D eigenvalue weighted by Gasteiger charge is 2.37. The molecule has 0 aromatic heterocycles. The van der Waals surface area contributed by atoms with E-state index >= 15 is 0 Å². The van der Waals surface area contributed by atoms with Crippen molar-refractivity contribution in [1.82, 2.24) is 0 Å². The third-order valence-corrected chi connectivity index (χ3v) is 4.46. The van der Waals surface area contributed by atoms with Crippen LogP contribution in [0, 0.1) is 19.7 Å². The van der Waals surface area contributed by atoms with E-state index in [2.05, 4.69) is 0 Å². The molecule has 0 unspecified atom stereocenters. The van der Waals surface area contributed by atoms with Gasteiger partial charge in [0.25, 0.3) is 0 Å². The molecule has 0 saturated heterocycles. The summed E-state index contributed by atoms with van der Waals surface area (Å²) in [7, 11) is 3.12. The van der Waals surface area contributed by atoms with Crippen molar-refractivity contribution in [2.24, 2.45) is 5.73 Å². The second-order valence-corrected chi connectivity index (χ2v) is 5.72. The van der Waals surface area contributed by atoms with E-state index in [1.165, 1.54) is 13.5 Å². The summed E-state index contributed by atoms with van der Waals surface area (Å²) in [4.78, 5) is 0. The van der Waals surface area contributed by atoms with Crippen molar-refractivity contribution in [3.05, 3.63) is 22.5 Å². The second kappa shape index (κ2) is 5.60. The normalized spacial score (nSPS) is 17.9. The molecule has 1 aliphatic rings. The zero-order chi connectivity index (χ0) is 14.9. The quantitative estimate of drug-likeness (QED) is 0.921. The van der Waals surface area contributed by atoms with Crippen LogP contribution in [0.1, 0.15) is 48.8 Å². The van der Waals surface area contributed by atoms with Gasteiger partial charge in [-0.1, -0.05) is 19.3 Å². The molecule has 0 heterocycles. The summed E-state index contributed by atoms with van der Waals surface area (Å²) in [5.41, 5.74) is 7.92. The molecule has 0 spiro atoms. The maximum absolute atomic E-state index is 14.5. The minimum Gasteiger partial charge on any atom is -0.492 e. The number of hydrogen-bond donors (Lipinski definition) is 1. The number of halogens is 1. The summed E-state index contributed by atoms with van der Waals surface area (Å²) >= 11 is 0. The van der Waals surface area contributed by atoms with Crippen molar-refractivity contribution in [2.75, 3.05) is 14.2 Å². The first-order valence-corrected chi connectivity index (χ1v) is 7.16. The molecule has 1 saturated carbocycles. The smallest absolute Gasteiger partial charge is 0.166 e. The van der Waals surface area contributed by atoms with Crippen LogP contribution in [0.2, 0.25) is 0 Å². The largest absolute Gasteiger partial charge is 0.492 e. The van der Waals surface area contributed by atoms with Gasteiger partial charge in [-0.3, -0.25) is 0 Å². The van der Waals surface area contributed by atoms with Crippen LogP contribution >= 0.6 is 0 Å². The Morgan fingerprint density at radius 1 is 0.950 bits per heavy atom. The van der Waals surface area contributed by atoms with Crippen molar-refractivity contribution in [3.63, 3.8) is 0 Å². The molecule has 4 heteroatoms. The maximum Gasteiger partial charge on any atom is 0.166 e. The van der Waals surface area contributed by atoms with Gasteiger partial charge in [-0.25, -0.2) is 4.39 Å². The summed E-state index contributed by atoms with van der Waals surface area (Å²) < 4.78 is 25.4. The molecule has 0 bridgehead atoms. The van der Waals surface area contributed by atoms with Gasteiger partial charge in [0.05, 0.1) is 14.2 Å². The Morgan fingerprint density at radius 3 is 2.00 bits per heavy atom. The predicted molar refractivity (Wildman–Crippen MR) is 77.9 cm³/mol. The summed E-state index contributed by atoms with van der Waals surface area (Å²) in [6.45, 7) is 3.49. The number of rotatable bonds is 3. The standard InChI is InChI=1S/C16H24FNO2/c1-10-12(16(18)8-6-5-7-9-16)15(20-4)14(19-3)11(2)13(10)17/h5-9,18H2,1-4H3. The van der Waals surface area contributed by atoms with E-state index in [1.54, 1.807) is 21.0 Å². The minimum absolute atomic E-state index is 0.243. The van der Waals surface area contributed by atoms with Crippen molar-refractivity contribution in [1.29, 1.82) is 0 Å². The Morgan fingerprint density at radius 2 is 1.50 bits per heavy atom. The molecule has 2 N–H and O–H groups in total. The minimum atomic E-state index is -0.518. The fourth-order valence-electron chi connectivity index (χ4n) is 3.42. The summed E-state index contributed by atoms with van der Waals surface area (Å²) in [6.07, 6.45) is 5.03. The fourth-order valence-corrected chi connectivity index (χ4v) is 3.42. The van der Waals surface area contributed by atoms with Gasteiger partial charge in [0.2, 0.25) is 0 Å². The number of hydrogen-bond acceptors (Lipinski definition) is 3. The maximum atomic E-state index is 14.5. The summed E-state index contributed by atoms with van der Waals surface area (Å²) in [5.74, 6) is 0.808. The van der Waals surface area contributed by atoms with Crippen LogP contribution in [0.3, 0.4) is 0 Å². The molecule has 1 aromatic rings. The van der Waals surface area contributed by atoms with Crippen molar-refractivity contribution in [3.8, 4) is 11.5 Å². The van der Waals surface area contributed by atoms with E-state index in [0.717, 1.165) is 31.2 Å². The van der Waals surface area contributed by atoms with Crippen LogP contribution in [0.4, 0.5) is 4.39 Å². The summed E-state index contributed by atoms with van der Waals surface area (Å²) in [5, 5.41) is 0. The lowest BCUT2D eigenvalue weighted by molar-refractivity contribution is 0.278. The molecule has 1 aromatic carbocycles. The average Bonchev–Trinajstić information content (AvgIpc) is 2.44. The molecule has 0 aliphatic heterocycles. The van der Waals surface area contributed by atoms with E-state index in [9.17, 15) is 4.39 Å². The highest BCUT2D eigenvalue weighted by Crippen LogP contribution is 2.47. The fraction of sp³-hybridized carbons (Fsp3) is 0.625. The summed E-state index contributed by atoms with van der Waals surface area (Å²) in [6, 6.07) is 0. The highest BCUT2D eigenvalue weighted by atomic mass is 19.1. The van der Waals surface area contributed by atoms with Gasteiger partial charge < -0.3 is 15.2 Å². The van der Waals surface area contributed by atoms with Gasteiger partial charge in [0.1, 0.15) is 5.82 Å². The van der Waals surface area contributed by atoms with E-state index < -0.39 is 5.54 Å². The van der Waals surface area contributed by atoms with Crippen LogP contribution in [0.25, 0.3) is 0 Å². The zero-order valence-electron chi connectivity index (χ0n) is 12.8. The Hall–Kier alpha value is -1.29. The van der Waals surface area contributed by atoms with Crippen LogP contribution in [-0.4, -0.2) is 14.2 Å². The van der Waals surface area contributed by atoms with Gasteiger partial charge in [0.15, 0.2) is 11.5 Å². The number of ether oxygens (including phenoxy) is 2. The molecule has 3 nitrogen and oxygen atoms in total. The van der Waals surface area contributed by atoms with Crippen molar-refractivity contribution < 1.29 is 13.9 Å². The molecular weight excluding hydrogens is 257 g/mol. The van der Waals surface area contributed by atoms with Crippen molar-refractivity contribution in [2.45, 2.75) is 51.5 Å². The first kappa shape index (κ1) is 15.1. The van der Waals surface area contributed by atoms with Crippen LogP contribution in [0.5, 0.6) is 11.5 Å². The van der Waals surface area contributed by atoms with Gasteiger partial charge in [-0.2, -0.15) is 0 Å². The average molecular weight is 281 g/mol. The number of nitrogens with two attached hydrogens (primary N) is 1. The van der Waals surface area contributed by atoms with E-state index in [-0.39, 0.29) is 5.82 Å². The SMILES string of the molecule is COc1c(C)c(F)c(C)c(C2(N)CCCCC2)c1OC. The molecule has 1 fully saturated rings. The molecule has 0 radical (unpaired) electrons. The molecule has 1 aliphatic carbocycles. The Labute approximate surface area is 120 Å². The molecular formula is C16H24FNO2. The molecule has 2 rings (SSSR count). The number of benzene rings is 1. The lowest BCUT2D eigenvalue weighted by Crippen LogP contribution is -2.40. The van der Waals surface area contributed by atoms with Crippen LogP contribution in [0.15, 0.2) is 0 Å². The monoisotopic (exact) mass is 281 g/mol. The molecule has 20 heavy (non-hydrogen) atoms. The molecule has 0 amide bonds. The third-order valence-electron chi connectivity index (χ3n) is 4.46. The Bertz CT molecular complexity index is 508. The topological polar surface area (TPSA) is 44.5 Å². The van der Waals surface area contributed by atoms with Crippen LogP contribution in [-0.2, 0) is 5.54 Å². The van der Waals surface area contributed by atoms with E-state index in [4.69, 9.17) is 15.2 Å². The first-order chi connectivity index (χ1) is 9.46. The lowest BCUT2D eigenvalue weighted by atomic mass is 9.75. The highest BCUT2D eigenvalue weighted by molar-refractivity contribution is 5.58. The van der Waals surface area contributed by atoms with Gasteiger partial charge >= 0.3 is 0 Å². The lowest BCUT2D eigenvalue weighted by Gasteiger charge is -2.37. The molecule has 112 valence electrons. The van der Waals surface area contributed by atoms with Gasteiger partial charge in [-0.15, -0.1) is 0 Å². The van der Waals surface area contributed by atoms with Gasteiger partial charge in [0, 0.05) is 16.7 Å². The zero-order valence-corrected chi connectivity index (χ0v) is 12.8. The Balaban J connectivity index is 2.70.